The average Bonchev–Trinajstić information content (AvgIpc) is 2.87. The number of piperazine rings is 1. The molecule has 3 rings (SSSR count). The zero-order chi connectivity index (χ0) is 15.7. The number of benzene rings is 1. The zero-order valence-electron chi connectivity index (χ0n) is 13.0. The smallest absolute Gasteiger partial charge is 0.244 e. The lowest BCUT2D eigenvalue weighted by atomic mass is 10.2. The molecule has 2 heterocycles. The number of carbonyl (C=O) groups excluding carboxylic acids is 1. The van der Waals surface area contributed by atoms with Gasteiger partial charge in [-0.1, -0.05) is 0 Å². The van der Waals surface area contributed by atoms with Crippen LogP contribution in [0.4, 0.5) is 5.69 Å². The summed E-state index contributed by atoms with van der Waals surface area (Å²) in [6, 6.07) is 3.61. The standard InChI is InChI=1S/C15H21N5O2/c1-18-3-5-19(6-4-18)15(21)10-20-9-11-7-12(16)14(22-2)8-13(11)17-20/h7-9H,3-6,10,16H2,1-2H3. The first-order chi connectivity index (χ1) is 10.6. The second kappa shape index (κ2) is 5.84. The monoisotopic (exact) mass is 303 g/mol. The van der Waals surface area contributed by atoms with Crippen molar-refractivity contribution in [1.82, 2.24) is 19.6 Å². The van der Waals surface area contributed by atoms with Crippen molar-refractivity contribution in [3.63, 3.8) is 0 Å². The summed E-state index contributed by atoms with van der Waals surface area (Å²) in [4.78, 5) is 16.5. The Kier molecular flexibility index (Phi) is 3.89. The van der Waals surface area contributed by atoms with Gasteiger partial charge in [0.05, 0.1) is 18.3 Å². The lowest BCUT2D eigenvalue weighted by molar-refractivity contribution is -0.133. The van der Waals surface area contributed by atoms with Crippen LogP contribution in [0.15, 0.2) is 18.3 Å². The van der Waals surface area contributed by atoms with Crippen molar-refractivity contribution < 1.29 is 9.53 Å². The minimum Gasteiger partial charge on any atom is -0.495 e. The van der Waals surface area contributed by atoms with Crippen LogP contribution in [-0.2, 0) is 11.3 Å². The Morgan fingerprint density at radius 3 is 2.73 bits per heavy atom. The van der Waals surface area contributed by atoms with E-state index in [-0.39, 0.29) is 12.5 Å². The number of methoxy groups -OCH3 is 1. The summed E-state index contributed by atoms with van der Waals surface area (Å²) in [5.41, 5.74) is 7.24. The number of amides is 1. The molecule has 1 aliphatic rings. The number of hydrogen-bond donors (Lipinski definition) is 1. The van der Waals surface area contributed by atoms with Gasteiger partial charge < -0.3 is 20.3 Å². The molecule has 0 radical (unpaired) electrons. The second-order valence-electron chi connectivity index (χ2n) is 5.66. The quantitative estimate of drug-likeness (QED) is 0.831. The van der Waals surface area contributed by atoms with Crippen molar-refractivity contribution in [2.75, 3.05) is 46.1 Å². The van der Waals surface area contributed by atoms with E-state index in [2.05, 4.69) is 17.0 Å². The molecule has 0 saturated carbocycles. The molecule has 1 aromatic carbocycles. The van der Waals surface area contributed by atoms with Gasteiger partial charge in [0.2, 0.25) is 5.91 Å². The minimum atomic E-state index is 0.0980. The van der Waals surface area contributed by atoms with Crippen LogP contribution in [0.25, 0.3) is 10.9 Å². The number of nitrogens with two attached hydrogens (primary N) is 1. The van der Waals surface area contributed by atoms with Crippen LogP contribution in [0.1, 0.15) is 0 Å². The normalized spacial score (nSPS) is 16.2. The highest BCUT2D eigenvalue weighted by atomic mass is 16.5. The third-order valence-electron chi connectivity index (χ3n) is 4.06. The predicted molar refractivity (Wildman–Crippen MR) is 84.8 cm³/mol. The van der Waals surface area contributed by atoms with Crippen molar-refractivity contribution in [3.8, 4) is 5.75 Å². The number of ether oxygens (including phenoxy) is 1. The van der Waals surface area contributed by atoms with E-state index in [0.29, 0.717) is 11.4 Å². The molecule has 118 valence electrons. The number of rotatable bonds is 3. The highest BCUT2D eigenvalue weighted by Crippen LogP contribution is 2.26. The van der Waals surface area contributed by atoms with Gasteiger partial charge in [0.15, 0.2) is 0 Å². The van der Waals surface area contributed by atoms with Gasteiger partial charge in [-0.3, -0.25) is 9.48 Å². The number of hydrogen-bond acceptors (Lipinski definition) is 5. The van der Waals surface area contributed by atoms with Gasteiger partial charge in [-0.15, -0.1) is 0 Å². The minimum absolute atomic E-state index is 0.0980. The molecule has 22 heavy (non-hydrogen) atoms. The number of likely N-dealkylation sites (N-methyl/N-ethyl adjacent to an activating group) is 1. The molecule has 0 atom stereocenters. The maximum absolute atomic E-state index is 12.3. The molecule has 1 saturated heterocycles. The number of carbonyl (C=O) groups is 1. The maximum Gasteiger partial charge on any atom is 0.244 e. The molecular formula is C15H21N5O2. The van der Waals surface area contributed by atoms with Crippen molar-refractivity contribution in [1.29, 1.82) is 0 Å². The SMILES string of the molecule is COc1cc2nn(CC(=O)N3CCN(C)CC3)cc2cc1N. The molecule has 1 amide bonds. The Hall–Kier alpha value is -2.28. The zero-order valence-corrected chi connectivity index (χ0v) is 13.0. The van der Waals surface area contributed by atoms with Crippen LogP contribution < -0.4 is 10.5 Å². The van der Waals surface area contributed by atoms with E-state index < -0.39 is 0 Å². The molecule has 1 aromatic heterocycles. The average molecular weight is 303 g/mol. The van der Waals surface area contributed by atoms with Crippen molar-refractivity contribution in [3.05, 3.63) is 18.3 Å². The van der Waals surface area contributed by atoms with Crippen LogP contribution in [0, 0.1) is 0 Å². The number of nitrogen functional groups attached to an aromatic ring is 1. The first-order valence-electron chi connectivity index (χ1n) is 7.34. The summed E-state index contributed by atoms with van der Waals surface area (Å²) < 4.78 is 6.87. The lowest BCUT2D eigenvalue weighted by Crippen LogP contribution is -2.48. The molecule has 0 unspecified atom stereocenters. The Bertz CT molecular complexity index is 689. The Balaban J connectivity index is 1.75. The van der Waals surface area contributed by atoms with Crippen molar-refractivity contribution >= 4 is 22.5 Å². The van der Waals surface area contributed by atoms with Gasteiger partial charge >= 0.3 is 0 Å². The van der Waals surface area contributed by atoms with E-state index in [4.69, 9.17) is 10.5 Å². The second-order valence-corrected chi connectivity index (χ2v) is 5.66. The Morgan fingerprint density at radius 1 is 1.32 bits per heavy atom. The number of fused-ring (bicyclic) bond motifs is 1. The van der Waals surface area contributed by atoms with Crippen LogP contribution in [0.2, 0.25) is 0 Å². The van der Waals surface area contributed by atoms with Gasteiger partial charge in [0, 0.05) is 43.8 Å². The van der Waals surface area contributed by atoms with Crippen LogP contribution >= 0.6 is 0 Å². The first kappa shape index (κ1) is 14.6. The third kappa shape index (κ3) is 2.85. The fraction of sp³-hybridized carbons (Fsp3) is 0.467. The molecule has 0 spiro atoms. The number of aromatic nitrogens is 2. The van der Waals surface area contributed by atoms with Gasteiger partial charge in [-0.2, -0.15) is 5.10 Å². The van der Waals surface area contributed by atoms with Crippen LogP contribution in [0.3, 0.4) is 0 Å². The van der Waals surface area contributed by atoms with E-state index in [9.17, 15) is 4.79 Å². The molecular weight excluding hydrogens is 282 g/mol. The number of anilines is 1. The molecule has 2 N–H and O–H groups in total. The van der Waals surface area contributed by atoms with Crippen molar-refractivity contribution in [2.45, 2.75) is 6.54 Å². The molecule has 2 aromatic rings. The lowest BCUT2D eigenvalue weighted by Gasteiger charge is -2.32. The fourth-order valence-corrected chi connectivity index (χ4v) is 2.67. The van der Waals surface area contributed by atoms with Crippen LogP contribution in [-0.4, -0.2) is 65.8 Å². The van der Waals surface area contributed by atoms with E-state index in [1.165, 1.54) is 0 Å². The predicted octanol–water partition coefficient (Wildman–Crippen LogP) is 0.401. The maximum atomic E-state index is 12.3. The Morgan fingerprint density at radius 2 is 2.05 bits per heavy atom. The summed E-state index contributed by atoms with van der Waals surface area (Å²) in [6.45, 7) is 3.63. The highest BCUT2D eigenvalue weighted by Gasteiger charge is 2.19. The number of nitrogens with zero attached hydrogens (tertiary/aromatic N) is 4. The topological polar surface area (TPSA) is 76.6 Å². The summed E-state index contributed by atoms with van der Waals surface area (Å²) >= 11 is 0. The van der Waals surface area contributed by atoms with E-state index in [1.807, 2.05) is 17.2 Å². The summed E-state index contributed by atoms with van der Waals surface area (Å²) in [6.07, 6.45) is 1.85. The molecule has 1 fully saturated rings. The van der Waals surface area contributed by atoms with E-state index in [1.54, 1.807) is 17.9 Å². The van der Waals surface area contributed by atoms with Gasteiger partial charge in [-0.05, 0) is 13.1 Å². The molecule has 7 nitrogen and oxygen atoms in total. The Labute approximate surface area is 129 Å². The summed E-state index contributed by atoms with van der Waals surface area (Å²) in [7, 11) is 3.64. The molecule has 0 bridgehead atoms. The molecule has 1 aliphatic heterocycles. The molecule has 7 heteroatoms. The fourth-order valence-electron chi connectivity index (χ4n) is 2.67. The van der Waals surface area contributed by atoms with E-state index in [0.717, 1.165) is 37.1 Å². The summed E-state index contributed by atoms with van der Waals surface area (Å²) in [5.74, 6) is 0.698. The van der Waals surface area contributed by atoms with Crippen LogP contribution in [0.5, 0.6) is 5.75 Å². The molecule has 0 aliphatic carbocycles. The largest absolute Gasteiger partial charge is 0.495 e. The third-order valence-corrected chi connectivity index (χ3v) is 4.06. The van der Waals surface area contributed by atoms with Gasteiger partial charge in [0.25, 0.3) is 0 Å². The highest BCUT2D eigenvalue weighted by molar-refractivity contribution is 5.85. The van der Waals surface area contributed by atoms with Crippen molar-refractivity contribution in [2.24, 2.45) is 0 Å². The van der Waals surface area contributed by atoms with E-state index >= 15 is 0 Å². The first-order valence-corrected chi connectivity index (χ1v) is 7.34. The van der Waals surface area contributed by atoms with Gasteiger partial charge in [-0.25, -0.2) is 0 Å². The van der Waals surface area contributed by atoms with Gasteiger partial charge in [0.1, 0.15) is 12.3 Å². The summed E-state index contributed by atoms with van der Waals surface area (Å²) in [5, 5.41) is 5.34.